The molecule has 0 saturated carbocycles. The van der Waals surface area contributed by atoms with Gasteiger partial charge in [0.1, 0.15) is 0 Å². The van der Waals surface area contributed by atoms with Crippen molar-refractivity contribution in [3.63, 3.8) is 0 Å². The summed E-state index contributed by atoms with van der Waals surface area (Å²) in [4.78, 5) is 30.2. The van der Waals surface area contributed by atoms with E-state index in [0.717, 1.165) is 17.6 Å². The molecule has 0 fully saturated rings. The fourth-order valence-corrected chi connectivity index (χ4v) is 3.87. The molecule has 0 aliphatic rings. The van der Waals surface area contributed by atoms with Gasteiger partial charge in [-0.1, -0.05) is 18.2 Å². The van der Waals surface area contributed by atoms with Gasteiger partial charge in [0, 0.05) is 23.7 Å². The highest BCUT2D eigenvalue weighted by Crippen LogP contribution is 2.23. The number of rotatable bonds is 8. The van der Waals surface area contributed by atoms with E-state index in [1.54, 1.807) is 37.3 Å². The van der Waals surface area contributed by atoms with Crippen LogP contribution in [0.15, 0.2) is 42.3 Å². The third kappa shape index (κ3) is 5.73. The van der Waals surface area contributed by atoms with Gasteiger partial charge in [-0.3, -0.25) is 9.69 Å². The minimum atomic E-state index is -3.15. The first kappa shape index (κ1) is 20.8. The van der Waals surface area contributed by atoms with Crippen LogP contribution in [0, 0.1) is 0 Å². The van der Waals surface area contributed by atoms with Crippen molar-refractivity contribution >= 4 is 38.2 Å². The zero-order valence-corrected chi connectivity index (χ0v) is 16.7. The molecule has 0 aliphatic carbocycles. The SMILES string of the molecule is C=CCN(C(=O)c1ccc(CS(C)(=O)=O)cc1)c1nc(C(=O)OCC)cs1. The summed E-state index contributed by atoms with van der Waals surface area (Å²) in [5.41, 5.74) is 1.12. The fraction of sp³-hybridized carbons (Fsp3) is 0.278. The van der Waals surface area contributed by atoms with E-state index in [1.165, 1.54) is 10.3 Å². The van der Waals surface area contributed by atoms with Crippen molar-refractivity contribution in [1.29, 1.82) is 0 Å². The van der Waals surface area contributed by atoms with E-state index in [4.69, 9.17) is 4.74 Å². The van der Waals surface area contributed by atoms with Crippen LogP contribution >= 0.6 is 11.3 Å². The van der Waals surface area contributed by atoms with Gasteiger partial charge in [0.2, 0.25) is 0 Å². The average Bonchev–Trinajstić information content (AvgIpc) is 3.08. The molecule has 9 heteroatoms. The minimum Gasteiger partial charge on any atom is -0.461 e. The van der Waals surface area contributed by atoms with Crippen molar-refractivity contribution in [3.8, 4) is 0 Å². The fourth-order valence-electron chi connectivity index (χ4n) is 2.27. The Hall–Kier alpha value is -2.52. The summed E-state index contributed by atoms with van der Waals surface area (Å²) >= 11 is 1.15. The smallest absolute Gasteiger partial charge is 0.357 e. The lowest BCUT2D eigenvalue weighted by atomic mass is 10.1. The highest BCUT2D eigenvalue weighted by molar-refractivity contribution is 7.89. The summed E-state index contributed by atoms with van der Waals surface area (Å²) < 4.78 is 27.7. The van der Waals surface area contributed by atoms with Gasteiger partial charge in [-0.2, -0.15) is 0 Å². The number of esters is 1. The summed E-state index contributed by atoms with van der Waals surface area (Å²) in [5, 5.41) is 1.88. The lowest BCUT2D eigenvalue weighted by Crippen LogP contribution is -2.31. The summed E-state index contributed by atoms with van der Waals surface area (Å²) in [6.07, 6.45) is 2.71. The number of carbonyl (C=O) groups is 2. The Morgan fingerprint density at radius 2 is 1.96 bits per heavy atom. The van der Waals surface area contributed by atoms with Crippen LogP contribution in [0.1, 0.15) is 33.3 Å². The molecule has 0 saturated heterocycles. The highest BCUT2D eigenvalue weighted by atomic mass is 32.2. The van der Waals surface area contributed by atoms with Crippen LogP contribution in [-0.4, -0.2) is 44.7 Å². The van der Waals surface area contributed by atoms with Gasteiger partial charge >= 0.3 is 5.97 Å². The monoisotopic (exact) mass is 408 g/mol. The first-order valence-corrected chi connectivity index (χ1v) is 11.0. The van der Waals surface area contributed by atoms with Crippen LogP contribution in [0.3, 0.4) is 0 Å². The molecule has 144 valence electrons. The number of aromatic nitrogens is 1. The molecule has 0 unspecified atom stereocenters. The van der Waals surface area contributed by atoms with E-state index < -0.39 is 15.8 Å². The maximum absolute atomic E-state index is 12.8. The Morgan fingerprint density at radius 1 is 1.30 bits per heavy atom. The number of thiazole rings is 1. The second kappa shape index (κ2) is 8.92. The molecule has 1 amide bonds. The largest absolute Gasteiger partial charge is 0.461 e. The van der Waals surface area contributed by atoms with Crippen molar-refractivity contribution in [2.45, 2.75) is 12.7 Å². The maximum Gasteiger partial charge on any atom is 0.357 e. The van der Waals surface area contributed by atoms with E-state index in [2.05, 4.69) is 11.6 Å². The maximum atomic E-state index is 12.8. The third-order valence-electron chi connectivity index (χ3n) is 3.39. The van der Waals surface area contributed by atoms with Crippen molar-refractivity contribution in [2.75, 3.05) is 24.3 Å². The van der Waals surface area contributed by atoms with E-state index in [-0.39, 0.29) is 30.5 Å². The third-order valence-corrected chi connectivity index (χ3v) is 5.12. The summed E-state index contributed by atoms with van der Waals surface area (Å²) in [7, 11) is -3.15. The average molecular weight is 409 g/mol. The second-order valence-corrected chi connectivity index (χ2v) is 8.68. The Labute approximate surface area is 162 Å². The quantitative estimate of drug-likeness (QED) is 0.492. The van der Waals surface area contributed by atoms with Crippen LogP contribution in [0.5, 0.6) is 0 Å². The lowest BCUT2D eigenvalue weighted by molar-refractivity contribution is 0.0520. The number of hydrogen-bond acceptors (Lipinski definition) is 7. The molecule has 0 radical (unpaired) electrons. The van der Waals surface area contributed by atoms with Crippen molar-refractivity contribution < 1.29 is 22.7 Å². The molecular weight excluding hydrogens is 388 g/mol. The number of nitrogens with zero attached hydrogens (tertiary/aromatic N) is 2. The Morgan fingerprint density at radius 3 is 2.52 bits per heavy atom. The van der Waals surface area contributed by atoms with Gasteiger partial charge in [0.15, 0.2) is 20.7 Å². The number of amides is 1. The molecule has 0 N–H and O–H groups in total. The van der Waals surface area contributed by atoms with Crippen molar-refractivity contribution in [1.82, 2.24) is 4.98 Å². The molecular formula is C18H20N2O5S2. The van der Waals surface area contributed by atoms with Crippen LogP contribution in [0.4, 0.5) is 5.13 Å². The molecule has 0 bridgehead atoms. The Balaban J connectivity index is 2.24. The lowest BCUT2D eigenvalue weighted by Gasteiger charge is -2.18. The normalized spacial score (nSPS) is 11.0. The molecule has 2 aromatic rings. The molecule has 0 spiro atoms. The van der Waals surface area contributed by atoms with Crippen LogP contribution in [0.25, 0.3) is 0 Å². The van der Waals surface area contributed by atoms with Crippen molar-refractivity contribution in [3.05, 3.63) is 59.1 Å². The molecule has 0 atom stereocenters. The summed E-state index contributed by atoms with van der Waals surface area (Å²) in [6.45, 7) is 5.80. The summed E-state index contributed by atoms with van der Waals surface area (Å²) in [6, 6.07) is 6.34. The zero-order valence-electron chi connectivity index (χ0n) is 15.0. The standard InChI is InChI=1S/C18H20N2O5S2/c1-4-10-20(18-19-15(11-26-18)17(22)25-5-2)16(21)14-8-6-13(7-9-14)12-27(3,23)24/h4,6-9,11H,1,5,10,12H2,2-3H3. The van der Waals surface area contributed by atoms with Crippen LogP contribution in [-0.2, 0) is 20.3 Å². The molecule has 0 aliphatic heterocycles. The first-order chi connectivity index (χ1) is 12.7. The number of anilines is 1. The molecule has 2 rings (SSSR count). The van der Waals surface area contributed by atoms with Gasteiger partial charge in [-0.15, -0.1) is 17.9 Å². The predicted molar refractivity (Wildman–Crippen MR) is 105 cm³/mol. The molecule has 1 aromatic carbocycles. The summed E-state index contributed by atoms with van der Waals surface area (Å²) in [5.74, 6) is -0.963. The number of hydrogen-bond donors (Lipinski definition) is 0. The van der Waals surface area contributed by atoms with Crippen molar-refractivity contribution in [2.24, 2.45) is 0 Å². The molecule has 7 nitrogen and oxygen atoms in total. The molecule has 1 heterocycles. The predicted octanol–water partition coefficient (Wildman–Crippen LogP) is 2.70. The first-order valence-electron chi connectivity index (χ1n) is 8.07. The Bertz CT molecular complexity index is 933. The minimum absolute atomic E-state index is 0.0901. The van der Waals surface area contributed by atoms with Gasteiger partial charge in [0.25, 0.3) is 5.91 Å². The van der Waals surface area contributed by atoms with Gasteiger partial charge < -0.3 is 4.74 Å². The van der Waals surface area contributed by atoms with E-state index in [1.807, 2.05) is 0 Å². The van der Waals surface area contributed by atoms with E-state index in [9.17, 15) is 18.0 Å². The van der Waals surface area contributed by atoms with Crippen LogP contribution < -0.4 is 4.90 Å². The topological polar surface area (TPSA) is 93.6 Å². The number of sulfone groups is 1. The molecule has 1 aromatic heterocycles. The zero-order chi connectivity index (χ0) is 20.0. The van der Waals surface area contributed by atoms with E-state index >= 15 is 0 Å². The Kier molecular flexibility index (Phi) is 6.86. The second-order valence-electron chi connectivity index (χ2n) is 5.71. The van der Waals surface area contributed by atoms with E-state index in [0.29, 0.717) is 16.3 Å². The number of ether oxygens (including phenoxy) is 1. The van der Waals surface area contributed by atoms with Crippen LogP contribution in [0.2, 0.25) is 0 Å². The number of carbonyl (C=O) groups excluding carboxylic acids is 2. The number of benzene rings is 1. The van der Waals surface area contributed by atoms with Gasteiger partial charge in [-0.25, -0.2) is 18.2 Å². The highest BCUT2D eigenvalue weighted by Gasteiger charge is 2.22. The van der Waals surface area contributed by atoms with Gasteiger partial charge in [-0.05, 0) is 24.6 Å². The van der Waals surface area contributed by atoms with Gasteiger partial charge in [0.05, 0.1) is 12.4 Å². The molecule has 27 heavy (non-hydrogen) atoms.